The summed E-state index contributed by atoms with van der Waals surface area (Å²) >= 11 is 0. The topological polar surface area (TPSA) is 57.2 Å². The Morgan fingerprint density at radius 3 is 2.31 bits per heavy atom. The fourth-order valence-corrected chi connectivity index (χ4v) is 1.45. The lowest BCUT2D eigenvalue weighted by molar-refractivity contribution is 0.103. The summed E-state index contributed by atoms with van der Waals surface area (Å²) in [7, 11) is 0. The van der Waals surface area contributed by atoms with Gasteiger partial charge >= 0.3 is 0 Å². The summed E-state index contributed by atoms with van der Waals surface area (Å²) in [5.74, 6) is -0.887. The highest BCUT2D eigenvalue weighted by molar-refractivity contribution is 6.10. The number of carbonyl (C=O) groups excluding carboxylic acids is 1. The highest BCUT2D eigenvalue weighted by Gasteiger charge is 2.13. The number of phenolic OH excluding ortho intramolecular Hbond substituents is 1. The molecular weight excluding hydrogens is 204 g/mol. The van der Waals surface area contributed by atoms with Gasteiger partial charge in [-0.25, -0.2) is 0 Å². The number of ketones is 1. The molecule has 79 valence electrons. The van der Waals surface area contributed by atoms with Crippen LogP contribution < -0.4 is 0 Å². The fraction of sp³-hybridized carbons (Fsp3) is 0. The van der Waals surface area contributed by atoms with Crippen LogP contribution in [0.1, 0.15) is 15.9 Å². The quantitative estimate of drug-likeness (QED) is 0.780. The molecule has 1 N–H and O–H groups in total. The predicted octanol–water partition coefficient (Wildman–Crippen LogP) is 2.77. The van der Waals surface area contributed by atoms with Crippen LogP contribution in [0, 0.1) is 0 Å². The van der Waals surface area contributed by atoms with Crippen LogP contribution in [0.5, 0.6) is 11.5 Å². The molecule has 0 saturated carbocycles. The largest absolute Gasteiger partial charge is 0.507 e. The van der Waals surface area contributed by atoms with Crippen molar-refractivity contribution < 1.29 is 15.0 Å². The zero-order chi connectivity index (χ0) is 11.5. The van der Waals surface area contributed by atoms with Crippen molar-refractivity contribution in [2.75, 3.05) is 0 Å². The Labute approximate surface area is 92.6 Å². The molecule has 0 aromatic heterocycles. The first-order valence-electron chi connectivity index (χ1n) is 4.78. The third-order valence-corrected chi connectivity index (χ3v) is 2.25. The Bertz CT molecular complexity index is 518. The first-order chi connectivity index (χ1) is 7.68. The van der Waals surface area contributed by atoms with E-state index in [1.54, 1.807) is 30.3 Å². The molecule has 0 aliphatic rings. The molecule has 0 bridgehead atoms. The summed E-state index contributed by atoms with van der Waals surface area (Å²) in [6, 6.07) is 12.2. The Kier molecular flexibility index (Phi) is 2.60. The maximum absolute atomic E-state index is 11.9. The van der Waals surface area contributed by atoms with Crippen LogP contribution in [0.4, 0.5) is 0 Å². The van der Waals surface area contributed by atoms with E-state index in [0.29, 0.717) is 5.56 Å². The molecule has 2 aromatic carbocycles. The van der Waals surface area contributed by atoms with E-state index >= 15 is 0 Å². The van der Waals surface area contributed by atoms with Crippen molar-refractivity contribution >= 4 is 5.78 Å². The van der Waals surface area contributed by atoms with Crippen molar-refractivity contribution in [2.45, 2.75) is 0 Å². The molecule has 0 aliphatic heterocycles. The summed E-state index contributed by atoms with van der Waals surface area (Å²) in [5, 5.41) is 20.4. The SMILES string of the molecule is [O]c1ccc(C(=O)c2ccccc2)c(O)c1. The van der Waals surface area contributed by atoms with Crippen LogP contribution in [-0.2, 0) is 5.11 Å². The Morgan fingerprint density at radius 2 is 1.69 bits per heavy atom. The first kappa shape index (κ1) is 10.2. The van der Waals surface area contributed by atoms with Crippen molar-refractivity contribution in [3.63, 3.8) is 0 Å². The molecule has 1 radical (unpaired) electrons. The molecule has 0 aliphatic carbocycles. The molecule has 16 heavy (non-hydrogen) atoms. The van der Waals surface area contributed by atoms with Crippen LogP contribution in [-0.4, -0.2) is 10.9 Å². The van der Waals surface area contributed by atoms with Crippen molar-refractivity contribution in [3.8, 4) is 11.5 Å². The third kappa shape index (κ3) is 1.88. The second-order valence-corrected chi connectivity index (χ2v) is 3.37. The lowest BCUT2D eigenvalue weighted by Gasteiger charge is -2.03. The first-order valence-corrected chi connectivity index (χ1v) is 4.78. The molecule has 0 unspecified atom stereocenters. The fourth-order valence-electron chi connectivity index (χ4n) is 1.45. The average Bonchev–Trinajstić information content (AvgIpc) is 2.29. The molecular formula is C13H9O3. The Hall–Kier alpha value is -2.29. The van der Waals surface area contributed by atoms with E-state index in [4.69, 9.17) is 0 Å². The summed E-state index contributed by atoms with van der Waals surface area (Å²) in [5.41, 5.74) is 0.627. The van der Waals surface area contributed by atoms with Crippen LogP contribution in [0.2, 0.25) is 0 Å². The minimum atomic E-state index is -0.317. The molecule has 2 rings (SSSR count). The van der Waals surface area contributed by atoms with Gasteiger partial charge in [0.05, 0.1) is 5.56 Å². The molecule has 2 aromatic rings. The van der Waals surface area contributed by atoms with Crippen LogP contribution in [0.25, 0.3) is 0 Å². The highest BCUT2D eigenvalue weighted by Crippen LogP contribution is 2.25. The number of benzene rings is 2. The maximum Gasteiger partial charge on any atom is 0.196 e. The standard InChI is InChI=1S/C13H9O3/c14-10-6-7-11(12(15)8-10)13(16)9-4-2-1-3-5-9/h1-8,15H. The molecule has 0 amide bonds. The molecule has 0 fully saturated rings. The summed E-state index contributed by atoms with van der Waals surface area (Å²) in [4.78, 5) is 11.9. The summed E-state index contributed by atoms with van der Waals surface area (Å²) in [6.45, 7) is 0. The van der Waals surface area contributed by atoms with E-state index in [1.165, 1.54) is 12.1 Å². The number of carbonyl (C=O) groups is 1. The Morgan fingerprint density at radius 1 is 1.00 bits per heavy atom. The van der Waals surface area contributed by atoms with Crippen LogP contribution in [0.15, 0.2) is 48.5 Å². The zero-order valence-corrected chi connectivity index (χ0v) is 8.38. The normalized spacial score (nSPS) is 10.0. The number of rotatable bonds is 2. The van der Waals surface area contributed by atoms with E-state index < -0.39 is 0 Å². The summed E-state index contributed by atoms with van der Waals surface area (Å²) in [6.07, 6.45) is 0. The van der Waals surface area contributed by atoms with Gasteiger partial charge in [0.2, 0.25) is 0 Å². The molecule has 0 atom stereocenters. The van der Waals surface area contributed by atoms with Gasteiger partial charge in [0, 0.05) is 11.6 Å². The number of hydrogen-bond donors (Lipinski definition) is 1. The monoisotopic (exact) mass is 213 g/mol. The molecule has 3 heteroatoms. The van der Waals surface area contributed by atoms with Crippen molar-refractivity contribution in [3.05, 3.63) is 59.7 Å². The van der Waals surface area contributed by atoms with Crippen molar-refractivity contribution in [1.29, 1.82) is 0 Å². The van der Waals surface area contributed by atoms with E-state index in [1.807, 2.05) is 0 Å². The lowest BCUT2D eigenvalue weighted by atomic mass is 10.0. The van der Waals surface area contributed by atoms with Gasteiger partial charge in [-0.1, -0.05) is 30.3 Å². The van der Waals surface area contributed by atoms with Crippen molar-refractivity contribution in [1.82, 2.24) is 0 Å². The zero-order valence-electron chi connectivity index (χ0n) is 8.38. The van der Waals surface area contributed by atoms with Gasteiger partial charge < -0.3 is 5.11 Å². The summed E-state index contributed by atoms with van der Waals surface area (Å²) < 4.78 is 0. The second-order valence-electron chi connectivity index (χ2n) is 3.37. The molecule has 0 spiro atoms. The molecule has 0 saturated heterocycles. The van der Waals surface area contributed by atoms with Crippen LogP contribution in [0.3, 0.4) is 0 Å². The van der Waals surface area contributed by atoms with Gasteiger partial charge in [0.15, 0.2) is 11.5 Å². The lowest BCUT2D eigenvalue weighted by Crippen LogP contribution is -2.00. The van der Waals surface area contributed by atoms with Crippen LogP contribution >= 0.6 is 0 Å². The Balaban J connectivity index is 2.42. The van der Waals surface area contributed by atoms with E-state index in [2.05, 4.69) is 0 Å². The van der Waals surface area contributed by atoms with Gasteiger partial charge in [-0.05, 0) is 12.1 Å². The maximum atomic E-state index is 11.9. The van der Waals surface area contributed by atoms with Gasteiger partial charge in [0.25, 0.3) is 0 Å². The second kappa shape index (κ2) is 4.06. The molecule has 0 heterocycles. The molecule has 3 nitrogen and oxygen atoms in total. The third-order valence-electron chi connectivity index (χ3n) is 2.25. The number of hydrogen-bond acceptors (Lipinski definition) is 2. The van der Waals surface area contributed by atoms with Gasteiger partial charge in [-0.3, -0.25) is 9.90 Å². The minimum absolute atomic E-state index is 0.144. The van der Waals surface area contributed by atoms with Gasteiger partial charge in [-0.15, -0.1) is 0 Å². The van der Waals surface area contributed by atoms with Gasteiger partial charge in [-0.2, -0.15) is 0 Å². The predicted molar refractivity (Wildman–Crippen MR) is 58.1 cm³/mol. The smallest absolute Gasteiger partial charge is 0.196 e. The number of phenols is 1. The van der Waals surface area contributed by atoms with E-state index in [9.17, 15) is 15.0 Å². The van der Waals surface area contributed by atoms with E-state index in [-0.39, 0.29) is 22.8 Å². The van der Waals surface area contributed by atoms with Gasteiger partial charge in [0.1, 0.15) is 5.75 Å². The average molecular weight is 213 g/mol. The van der Waals surface area contributed by atoms with Crippen molar-refractivity contribution in [2.24, 2.45) is 0 Å². The highest BCUT2D eigenvalue weighted by atomic mass is 16.3. The minimum Gasteiger partial charge on any atom is -0.507 e. The van der Waals surface area contributed by atoms with E-state index in [0.717, 1.165) is 6.07 Å². The number of aromatic hydroxyl groups is 1.